The van der Waals surface area contributed by atoms with Gasteiger partial charge in [-0.2, -0.15) is 0 Å². The molecule has 0 saturated heterocycles. The van der Waals surface area contributed by atoms with Gasteiger partial charge in [0, 0.05) is 26.4 Å². The van der Waals surface area contributed by atoms with Gasteiger partial charge in [-0.25, -0.2) is 4.79 Å². The van der Waals surface area contributed by atoms with E-state index in [1.165, 1.54) is 20.5 Å². The maximum atomic E-state index is 12.0. The van der Waals surface area contributed by atoms with E-state index in [1.54, 1.807) is 6.92 Å². The van der Waals surface area contributed by atoms with E-state index in [0.717, 1.165) is 28.4 Å². The lowest BCUT2D eigenvalue weighted by Crippen LogP contribution is -2.39. The molecule has 1 aromatic heterocycles. The van der Waals surface area contributed by atoms with E-state index in [0.29, 0.717) is 12.3 Å². The Kier molecular flexibility index (Phi) is 5.73. The third-order valence-electron chi connectivity index (χ3n) is 3.36. The summed E-state index contributed by atoms with van der Waals surface area (Å²) in [6.07, 6.45) is 4.38. The number of aromatic nitrogens is 2. The minimum Gasteiger partial charge on any atom is -0.494 e. The standard InChI is InChI=1S/C14H23N3O3/c1-5-6-7-8-9-15-10(2)11-12(18)16(3)14(20)17(4)13(11)19/h18H,5-9H2,1-4H3. The van der Waals surface area contributed by atoms with Gasteiger partial charge in [-0.05, 0) is 13.3 Å². The van der Waals surface area contributed by atoms with Gasteiger partial charge in [-0.3, -0.25) is 18.9 Å². The van der Waals surface area contributed by atoms with Gasteiger partial charge in [0.25, 0.3) is 5.56 Å². The lowest BCUT2D eigenvalue weighted by molar-refractivity contribution is 0.410. The predicted octanol–water partition coefficient (Wildman–Crippen LogP) is 1.18. The average Bonchev–Trinajstić information content (AvgIpc) is 2.43. The first-order valence-electron chi connectivity index (χ1n) is 6.92. The number of unbranched alkanes of at least 4 members (excludes halogenated alkanes) is 3. The fourth-order valence-electron chi connectivity index (χ4n) is 2.01. The van der Waals surface area contributed by atoms with Crippen LogP contribution in [0.4, 0.5) is 0 Å². The first-order chi connectivity index (χ1) is 9.41. The lowest BCUT2D eigenvalue weighted by atomic mass is 10.2. The van der Waals surface area contributed by atoms with Crippen molar-refractivity contribution >= 4 is 5.71 Å². The van der Waals surface area contributed by atoms with E-state index in [4.69, 9.17) is 0 Å². The molecule has 0 aliphatic carbocycles. The van der Waals surface area contributed by atoms with Crippen LogP contribution in [-0.4, -0.2) is 26.5 Å². The second kappa shape index (κ2) is 7.07. The summed E-state index contributed by atoms with van der Waals surface area (Å²) in [5.74, 6) is -0.326. The molecule has 0 unspecified atom stereocenters. The molecular weight excluding hydrogens is 258 g/mol. The van der Waals surface area contributed by atoms with Gasteiger partial charge in [-0.1, -0.05) is 26.2 Å². The minimum absolute atomic E-state index is 0.102. The van der Waals surface area contributed by atoms with Crippen LogP contribution in [0.3, 0.4) is 0 Å². The van der Waals surface area contributed by atoms with Crippen molar-refractivity contribution in [2.45, 2.75) is 39.5 Å². The van der Waals surface area contributed by atoms with Crippen LogP contribution in [0, 0.1) is 0 Å². The number of rotatable bonds is 6. The summed E-state index contributed by atoms with van der Waals surface area (Å²) >= 11 is 0. The van der Waals surface area contributed by atoms with E-state index in [2.05, 4.69) is 11.9 Å². The Morgan fingerprint density at radius 1 is 1.15 bits per heavy atom. The van der Waals surface area contributed by atoms with Gasteiger partial charge >= 0.3 is 5.69 Å². The molecule has 6 nitrogen and oxygen atoms in total. The molecule has 0 aromatic carbocycles. The SMILES string of the molecule is CCCCCCN=C(C)c1c(O)n(C)c(=O)n(C)c1=O. The number of hydrogen-bond donors (Lipinski definition) is 1. The maximum Gasteiger partial charge on any atom is 0.333 e. The van der Waals surface area contributed by atoms with E-state index in [9.17, 15) is 14.7 Å². The summed E-state index contributed by atoms with van der Waals surface area (Å²) < 4.78 is 2.03. The molecule has 6 heteroatoms. The molecule has 0 atom stereocenters. The number of nitrogens with zero attached hydrogens (tertiary/aromatic N) is 3. The van der Waals surface area contributed by atoms with Gasteiger partial charge in [0.1, 0.15) is 5.56 Å². The highest BCUT2D eigenvalue weighted by Gasteiger charge is 2.16. The Labute approximate surface area is 118 Å². The number of aliphatic imine (C=N–C) groups is 1. The lowest BCUT2D eigenvalue weighted by Gasteiger charge is -2.10. The summed E-state index contributed by atoms with van der Waals surface area (Å²) in [6.45, 7) is 4.44. The van der Waals surface area contributed by atoms with Gasteiger partial charge < -0.3 is 5.11 Å². The van der Waals surface area contributed by atoms with Crippen molar-refractivity contribution in [3.8, 4) is 5.88 Å². The average molecular weight is 281 g/mol. The summed E-state index contributed by atoms with van der Waals surface area (Å²) in [4.78, 5) is 28.0. The predicted molar refractivity (Wildman–Crippen MR) is 79.8 cm³/mol. The van der Waals surface area contributed by atoms with Gasteiger partial charge in [0.15, 0.2) is 0 Å². The smallest absolute Gasteiger partial charge is 0.333 e. The molecule has 0 aliphatic heterocycles. The van der Waals surface area contributed by atoms with Crippen molar-refractivity contribution in [1.29, 1.82) is 0 Å². The molecule has 1 heterocycles. The van der Waals surface area contributed by atoms with E-state index < -0.39 is 11.2 Å². The normalized spacial score (nSPS) is 11.9. The molecule has 0 fully saturated rings. The van der Waals surface area contributed by atoms with E-state index >= 15 is 0 Å². The second-order valence-corrected chi connectivity index (χ2v) is 4.93. The van der Waals surface area contributed by atoms with Crippen LogP contribution in [0.25, 0.3) is 0 Å². The Balaban J connectivity index is 3.05. The summed E-state index contributed by atoms with van der Waals surface area (Å²) in [6, 6.07) is 0. The second-order valence-electron chi connectivity index (χ2n) is 4.93. The van der Waals surface area contributed by atoms with Crippen molar-refractivity contribution < 1.29 is 5.11 Å². The molecule has 0 radical (unpaired) electrons. The molecule has 1 N–H and O–H groups in total. The molecule has 20 heavy (non-hydrogen) atoms. The van der Waals surface area contributed by atoms with E-state index in [-0.39, 0.29) is 11.4 Å². The summed E-state index contributed by atoms with van der Waals surface area (Å²) in [5.41, 5.74) is -0.493. The number of hydrogen-bond acceptors (Lipinski definition) is 4. The zero-order chi connectivity index (χ0) is 15.3. The van der Waals surface area contributed by atoms with Crippen LogP contribution >= 0.6 is 0 Å². The third-order valence-corrected chi connectivity index (χ3v) is 3.36. The van der Waals surface area contributed by atoms with Crippen molar-refractivity contribution in [3.05, 3.63) is 26.4 Å². The van der Waals surface area contributed by atoms with Crippen LogP contribution in [0.15, 0.2) is 14.6 Å². The van der Waals surface area contributed by atoms with Crippen molar-refractivity contribution in [2.75, 3.05) is 6.54 Å². The molecule has 0 aliphatic rings. The fraction of sp³-hybridized carbons (Fsp3) is 0.643. The molecule has 0 saturated carbocycles. The molecular formula is C14H23N3O3. The topological polar surface area (TPSA) is 76.6 Å². The van der Waals surface area contributed by atoms with Crippen molar-refractivity contribution in [2.24, 2.45) is 19.1 Å². The maximum absolute atomic E-state index is 12.0. The molecule has 0 amide bonds. The number of aromatic hydroxyl groups is 1. The third kappa shape index (κ3) is 3.37. The minimum atomic E-state index is -0.549. The molecule has 0 bridgehead atoms. The van der Waals surface area contributed by atoms with Crippen LogP contribution in [0.1, 0.15) is 45.1 Å². The fourth-order valence-corrected chi connectivity index (χ4v) is 2.01. The molecule has 112 valence electrons. The van der Waals surface area contributed by atoms with Crippen LogP contribution in [0.5, 0.6) is 5.88 Å². The first-order valence-corrected chi connectivity index (χ1v) is 6.92. The Morgan fingerprint density at radius 2 is 1.80 bits per heavy atom. The zero-order valence-corrected chi connectivity index (χ0v) is 12.6. The molecule has 1 aromatic rings. The van der Waals surface area contributed by atoms with Gasteiger partial charge in [0.2, 0.25) is 5.88 Å². The first kappa shape index (κ1) is 16.2. The largest absolute Gasteiger partial charge is 0.494 e. The van der Waals surface area contributed by atoms with Crippen LogP contribution in [-0.2, 0) is 14.1 Å². The van der Waals surface area contributed by atoms with Crippen molar-refractivity contribution in [3.63, 3.8) is 0 Å². The highest BCUT2D eigenvalue weighted by Crippen LogP contribution is 2.10. The highest BCUT2D eigenvalue weighted by molar-refractivity contribution is 6.00. The molecule has 0 spiro atoms. The zero-order valence-electron chi connectivity index (χ0n) is 12.6. The Bertz CT molecular complexity index is 611. The van der Waals surface area contributed by atoms with Crippen molar-refractivity contribution in [1.82, 2.24) is 9.13 Å². The quantitative estimate of drug-likeness (QED) is 0.628. The van der Waals surface area contributed by atoms with E-state index in [1.807, 2.05) is 0 Å². The van der Waals surface area contributed by atoms with Crippen LogP contribution < -0.4 is 11.2 Å². The van der Waals surface area contributed by atoms with Gasteiger partial charge in [0.05, 0.1) is 0 Å². The summed E-state index contributed by atoms with van der Waals surface area (Å²) in [5, 5.41) is 9.96. The van der Waals surface area contributed by atoms with Crippen LogP contribution in [0.2, 0.25) is 0 Å². The van der Waals surface area contributed by atoms with Gasteiger partial charge in [-0.15, -0.1) is 0 Å². The summed E-state index contributed by atoms with van der Waals surface area (Å²) in [7, 11) is 2.82. The highest BCUT2D eigenvalue weighted by atomic mass is 16.3. The Hall–Kier alpha value is -1.85. The monoisotopic (exact) mass is 281 g/mol. The Morgan fingerprint density at radius 3 is 2.40 bits per heavy atom. The molecule has 1 rings (SSSR count).